The molecule has 2 amide bonds. The molecule has 0 aliphatic carbocycles. The lowest BCUT2D eigenvalue weighted by Gasteiger charge is -2.32. The lowest BCUT2D eigenvalue weighted by Crippen LogP contribution is -2.52. The largest absolute Gasteiger partial charge is 0.497 e. The van der Waals surface area contributed by atoms with Crippen LogP contribution in [0.25, 0.3) is 11.3 Å². The predicted molar refractivity (Wildman–Crippen MR) is 112 cm³/mol. The van der Waals surface area contributed by atoms with Crippen LogP contribution in [0.2, 0.25) is 0 Å². The summed E-state index contributed by atoms with van der Waals surface area (Å²) in [5, 5.41) is 6.74. The summed E-state index contributed by atoms with van der Waals surface area (Å²) in [5.74, 6) is 1.03. The van der Waals surface area contributed by atoms with E-state index in [1.54, 1.807) is 32.4 Å². The first-order valence-electron chi connectivity index (χ1n) is 10.2. The van der Waals surface area contributed by atoms with Gasteiger partial charge in [0.1, 0.15) is 17.5 Å². The molecule has 1 aromatic carbocycles. The molecule has 1 aromatic heterocycles. The van der Waals surface area contributed by atoms with Gasteiger partial charge in [0.05, 0.1) is 19.8 Å². The van der Waals surface area contributed by atoms with Gasteiger partial charge in [-0.3, -0.25) is 9.59 Å². The van der Waals surface area contributed by atoms with Gasteiger partial charge in [-0.15, -0.1) is 0 Å². The zero-order valence-corrected chi connectivity index (χ0v) is 17.9. The lowest BCUT2D eigenvalue weighted by molar-refractivity contribution is -0.135. The number of nitrogens with one attached hydrogen (secondary N) is 1. The Morgan fingerprint density at radius 2 is 1.83 bits per heavy atom. The third-order valence-corrected chi connectivity index (χ3v) is 5.30. The van der Waals surface area contributed by atoms with Gasteiger partial charge >= 0.3 is 0 Å². The number of methoxy groups -OCH3 is 2. The van der Waals surface area contributed by atoms with Gasteiger partial charge < -0.3 is 24.2 Å². The normalized spacial score (nSPS) is 15.0. The van der Waals surface area contributed by atoms with E-state index in [0.717, 1.165) is 32.4 Å². The van der Waals surface area contributed by atoms with Crippen LogP contribution in [0.15, 0.2) is 28.8 Å². The highest BCUT2D eigenvalue weighted by atomic mass is 16.5. The Morgan fingerprint density at radius 3 is 2.47 bits per heavy atom. The van der Waals surface area contributed by atoms with Crippen LogP contribution in [0.4, 0.5) is 0 Å². The third-order valence-electron chi connectivity index (χ3n) is 5.30. The van der Waals surface area contributed by atoms with Crippen molar-refractivity contribution in [1.29, 1.82) is 0 Å². The number of amides is 2. The molecule has 1 atom stereocenters. The van der Waals surface area contributed by atoms with Gasteiger partial charge in [-0.05, 0) is 43.4 Å². The number of hydrogen-bond acceptors (Lipinski definition) is 6. The molecule has 1 N–H and O–H groups in total. The Morgan fingerprint density at radius 1 is 1.10 bits per heavy atom. The standard InChI is InChI=1S/C22H29N3O5/c1-14(2)20(22(27)25-10-6-5-7-11-25)23-21(26)17-13-19(30-24-17)16-12-15(28-3)8-9-18(16)29-4/h8-9,12-14,20H,5-7,10-11H2,1-4H3,(H,23,26)/t20-/m0/s1. The zero-order valence-electron chi connectivity index (χ0n) is 17.9. The highest BCUT2D eigenvalue weighted by Gasteiger charge is 2.30. The first-order valence-corrected chi connectivity index (χ1v) is 10.2. The van der Waals surface area contributed by atoms with Gasteiger partial charge in [-0.1, -0.05) is 19.0 Å². The van der Waals surface area contributed by atoms with Crippen LogP contribution in [-0.4, -0.2) is 55.2 Å². The van der Waals surface area contributed by atoms with E-state index in [-0.39, 0.29) is 17.5 Å². The monoisotopic (exact) mass is 415 g/mol. The van der Waals surface area contributed by atoms with Crippen molar-refractivity contribution in [1.82, 2.24) is 15.4 Å². The fourth-order valence-corrected chi connectivity index (χ4v) is 3.56. The quantitative estimate of drug-likeness (QED) is 0.747. The molecule has 162 valence electrons. The number of carbonyl (C=O) groups is 2. The van der Waals surface area contributed by atoms with E-state index in [1.807, 2.05) is 18.7 Å². The van der Waals surface area contributed by atoms with Gasteiger partial charge in [0, 0.05) is 19.2 Å². The van der Waals surface area contributed by atoms with Crippen molar-refractivity contribution in [3.8, 4) is 22.8 Å². The van der Waals surface area contributed by atoms with E-state index >= 15 is 0 Å². The summed E-state index contributed by atoms with van der Waals surface area (Å²) in [6.07, 6.45) is 3.14. The fourth-order valence-electron chi connectivity index (χ4n) is 3.56. The highest BCUT2D eigenvalue weighted by Crippen LogP contribution is 2.33. The van der Waals surface area contributed by atoms with Crippen molar-refractivity contribution in [2.75, 3.05) is 27.3 Å². The molecule has 2 heterocycles. The molecule has 1 fully saturated rings. The molecule has 1 aliphatic heterocycles. The molecule has 1 aliphatic rings. The predicted octanol–water partition coefficient (Wildman–Crippen LogP) is 3.13. The van der Waals surface area contributed by atoms with E-state index < -0.39 is 11.9 Å². The minimum atomic E-state index is -0.609. The molecule has 30 heavy (non-hydrogen) atoms. The Labute approximate surface area is 176 Å². The summed E-state index contributed by atoms with van der Waals surface area (Å²) in [4.78, 5) is 27.6. The zero-order chi connectivity index (χ0) is 21.7. The van der Waals surface area contributed by atoms with Crippen LogP contribution >= 0.6 is 0 Å². The first-order chi connectivity index (χ1) is 14.4. The molecule has 2 aromatic rings. The van der Waals surface area contributed by atoms with Gasteiger partial charge in [0.15, 0.2) is 11.5 Å². The average Bonchev–Trinajstić information content (AvgIpc) is 3.27. The second-order valence-corrected chi connectivity index (χ2v) is 7.72. The Balaban J connectivity index is 1.77. The van der Waals surface area contributed by atoms with Gasteiger partial charge in [0.2, 0.25) is 5.91 Å². The number of rotatable bonds is 7. The van der Waals surface area contributed by atoms with E-state index in [2.05, 4.69) is 10.5 Å². The Hall–Kier alpha value is -3.03. The Kier molecular flexibility index (Phi) is 6.97. The molecule has 8 nitrogen and oxygen atoms in total. The topological polar surface area (TPSA) is 93.9 Å². The number of ether oxygens (including phenoxy) is 2. The van der Waals surface area contributed by atoms with Crippen LogP contribution in [0, 0.1) is 5.92 Å². The summed E-state index contributed by atoms with van der Waals surface area (Å²) in [6, 6.07) is 6.20. The molecule has 3 rings (SSSR count). The van der Waals surface area contributed by atoms with Crippen molar-refractivity contribution in [3.05, 3.63) is 30.0 Å². The Bertz CT molecular complexity index is 887. The molecule has 1 saturated heterocycles. The van der Waals surface area contributed by atoms with Crippen LogP contribution < -0.4 is 14.8 Å². The third kappa shape index (κ3) is 4.75. The number of aromatic nitrogens is 1. The lowest BCUT2D eigenvalue weighted by atomic mass is 10.0. The number of benzene rings is 1. The summed E-state index contributed by atoms with van der Waals surface area (Å²) in [5.41, 5.74) is 0.722. The number of carbonyl (C=O) groups excluding carboxylic acids is 2. The summed E-state index contributed by atoms with van der Waals surface area (Å²) in [6.45, 7) is 5.31. The van der Waals surface area contributed by atoms with Crippen molar-refractivity contribution < 1.29 is 23.6 Å². The van der Waals surface area contributed by atoms with Crippen molar-refractivity contribution in [3.63, 3.8) is 0 Å². The molecular formula is C22H29N3O5. The molecule has 0 bridgehead atoms. The molecule has 0 spiro atoms. The second kappa shape index (κ2) is 9.65. The van der Waals surface area contributed by atoms with Gasteiger partial charge in [-0.2, -0.15) is 0 Å². The van der Waals surface area contributed by atoms with E-state index in [4.69, 9.17) is 14.0 Å². The minimum absolute atomic E-state index is 0.0452. The first kappa shape index (κ1) is 21.7. The minimum Gasteiger partial charge on any atom is -0.497 e. The van der Waals surface area contributed by atoms with Crippen LogP contribution in [0.5, 0.6) is 11.5 Å². The number of piperidine rings is 1. The number of hydrogen-bond donors (Lipinski definition) is 1. The van der Waals surface area contributed by atoms with E-state index in [1.165, 1.54) is 6.07 Å². The second-order valence-electron chi connectivity index (χ2n) is 7.72. The molecule has 0 radical (unpaired) electrons. The molecule has 8 heteroatoms. The van der Waals surface area contributed by atoms with Gasteiger partial charge in [-0.25, -0.2) is 0 Å². The fraction of sp³-hybridized carbons (Fsp3) is 0.500. The smallest absolute Gasteiger partial charge is 0.274 e. The van der Waals surface area contributed by atoms with E-state index in [0.29, 0.717) is 22.8 Å². The maximum Gasteiger partial charge on any atom is 0.274 e. The highest BCUT2D eigenvalue weighted by molar-refractivity contribution is 5.97. The summed E-state index contributed by atoms with van der Waals surface area (Å²) < 4.78 is 16.0. The summed E-state index contributed by atoms with van der Waals surface area (Å²) >= 11 is 0. The van der Waals surface area contributed by atoms with Crippen LogP contribution in [0.1, 0.15) is 43.6 Å². The SMILES string of the molecule is COc1ccc(OC)c(-c2cc(C(=O)N[C@H](C(=O)N3CCCCC3)C(C)C)no2)c1. The summed E-state index contributed by atoms with van der Waals surface area (Å²) in [7, 11) is 3.12. The molecule has 0 unspecified atom stereocenters. The molecule has 0 saturated carbocycles. The average molecular weight is 415 g/mol. The van der Waals surface area contributed by atoms with E-state index in [9.17, 15) is 9.59 Å². The number of likely N-dealkylation sites (tertiary alicyclic amines) is 1. The van der Waals surface area contributed by atoms with Crippen molar-refractivity contribution >= 4 is 11.8 Å². The number of nitrogens with zero attached hydrogens (tertiary/aromatic N) is 2. The van der Waals surface area contributed by atoms with Crippen LogP contribution in [0.3, 0.4) is 0 Å². The van der Waals surface area contributed by atoms with Crippen LogP contribution in [-0.2, 0) is 4.79 Å². The van der Waals surface area contributed by atoms with Gasteiger partial charge in [0.25, 0.3) is 5.91 Å². The molecular weight excluding hydrogens is 386 g/mol. The van der Waals surface area contributed by atoms with Crippen molar-refractivity contribution in [2.45, 2.75) is 39.2 Å². The van der Waals surface area contributed by atoms with Crippen molar-refractivity contribution in [2.24, 2.45) is 5.92 Å². The maximum atomic E-state index is 12.9. The maximum absolute atomic E-state index is 12.9.